The van der Waals surface area contributed by atoms with E-state index in [1.807, 2.05) is 6.92 Å². The van der Waals surface area contributed by atoms with Gasteiger partial charge >= 0.3 is 6.36 Å². The molecule has 21 heavy (non-hydrogen) atoms. The third-order valence-corrected chi connectivity index (χ3v) is 2.91. The second-order valence-electron chi connectivity index (χ2n) is 4.85. The predicted molar refractivity (Wildman–Crippen MR) is 72.4 cm³/mol. The number of benzene rings is 1. The van der Waals surface area contributed by atoms with E-state index in [0.717, 1.165) is 0 Å². The van der Waals surface area contributed by atoms with E-state index in [-0.39, 0.29) is 24.1 Å². The Balaban J connectivity index is 2.37. The lowest BCUT2D eigenvalue weighted by Gasteiger charge is -2.10. The molecule has 1 rings (SSSR count). The van der Waals surface area contributed by atoms with E-state index < -0.39 is 6.36 Å². The molecular formula is C14H19F3N2O2. The molecule has 0 spiro atoms. The zero-order chi connectivity index (χ0) is 15.9. The SMILES string of the molecule is CC(CN)CCC(=O)NCc1ccc(OC(F)(F)F)cc1. The molecule has 1 atom stereocenters. The van der Waals surface area contributed by atoms with E-state index >= 15 is 0 Å². The molecule has 0 bridgehead atoms. The van der Waals surface area contributed by atoms with E-state index in [4.69, 9.17) is 5.73 Å². The van der Waals surface area contributed by atoms with Crippen LogP contribution in [-0.2, 0) is 11.3 Å². The minimum absolute atomic E-state index is 0.106. The highest BCUT2D eigenvalue weighted by atomic mass is 19.4. The number of amides is 1. The largest absolute Gasteiger partial charge is 0.573 e. The first-order valence-electron chi connectivity index (χ1n) is 6.61. The number of hydrogen-bond acceptors (Lipinski definition) is 3. The molecule has 118 valence electrons. The van der Waals surface area contributed by atoms with E-state index in [1.165, 1.54) is 24.3 Å². The fourth-order valence-corrected chi connectivity index (χ4v) is 1.59. The topological polar surface area (TPSA) is 64.4 Å². The van der Waals surface area contributed by atoms with E-state index in [1.54, 1.807) is 0 Å². The van der Waals surface area contributed by atoms with Crippen LogP contribution in [0, 0.1) is 5.92 Å². The van der Waals surface area contributed by atoms with Gasteiger partial charge in [-0.3, -0.25) is 4.79 Å². The molecule has 0 saturated carbocycles. The number of carbonyl (C=O) groups is 1. The summed E-state index contributed by atoms with van der Waals surface area (Å²) in [5.41, 5.74) is 6.16. The van der Waals surface area contributed by atoms with Gasteiger partial charge in [-0.2, -0.15) is 0 Å². The van der Waals surface area contributed by atoms with Gasteiger partial charge in [-0.25, -0.2) is 0 Å². The Bertz CT molecular complexity index is 447. The predicted octanol–water partition coefficient (Wildman–Crippen LogP) is 2.58. The Kier molecular flexibility index (Phi) is 6.48. The van der Waals surface area contributed by atoms with Crippen molar-refractivity contribution < 1.29 is 22.7 Å². The van der Waals surface area contributed by atoms with Crippen LogP contribution in [0.4, 0.5) is 13.2 Å². The van der Waals surface area contributed by atoms with Crippen LogP contribution in [0.2, 0.25) is 0 Å². The average molecular weight is 304 g/mol. The summed E-state index contributed by atoms with van der Waals surface area (Å²) in [5, 5.41) is 2.70. The molecule has 3 N–H and O–H groups in total. The minimum atomic E-state index is -4.70. The van der Waals surface area contributed by atoms with Crippen LogP contribution in [0.15, 0.2) is 24.3 Å². The molecule has 0 aliphatic heterocycles. The molecule has 0 saturated heterocycles. The van der Waals surface area contributed by atoms with Crippen molar-refractivity contribution in [1.82, 2.24) is 5.32 Å². The second kappa shape index (κ2) is 7.87. The molecular weight excluding hydrogens is 285 g/mol. The number of ether oxygens (including phenoxy) is 1. The maximum Gasteiger partial charge on any atom is 0.573 e. The maximum absolute atomic E-state index is 12.0. The van der Waals surface area contributed by atoms with Crippen LogP contribution in [0.1, 0.15) is 25.3 Å². The number of alkyl halides is 3. The van der Waals surface area contributed by atoms with Crippen molar-refractivity contribution >= 4 is 5.91 Å². The lowest BCUT2D eigenvalue weighted by atomic mass is 10.1. The quantitative estimate of drug-likeness (QED) is 0.814. The van der Waals surface area contributed by atoms with Gasteiger partial charge in [0.25, 0.3) is 0 Å². The number of rotatable bonds is 7. The van der Waals surface area contributed by atoms with Gasteiger partial charge in [0.2, 0.25) is 5.91 Å². The number of nitrogens with one attached hydrogen (secondary N) is 1. The van der Waals surface area contributed by atoms with E-state index in [9.17, 15) is 18.0 Å². The fraction of sp³-hybridized carbons (Fsp3) is 0.500. The van der Waals surface area contributed by atoms with Crippen LogP contribution in [-0.4, -0.2) is 18.8 Å². The molecule has 1 unspecified atom stereocenters. The molecule has 4 nitrogen and oxygen atoms in total. The summed E-state index contributed by atoms with van der Waals surface area (Å²) in [6.45, 7) is 2.77. The van der Waals surface area contributed by atoms with Gasteiger partial charge < -0.3 is 15.8 Å². The molecule has 0 heterocycles. The Morgan fingerprint density at radius 2 is 1.95 bits per heavy atom. The van der Waals surface area contributed by atoms with Gasteiger partial charge in [0, 0.05) is 13.0 Å². The first-order valence-corrected chi connectivity index (χ1v) is 6.61. The summed E-state index contributed by atoms with van der Waals surface area (Å²) in [6, 6.07) is 5.38. The summed E-state index contributed by atoms with van der Waals surface area (Å²) in [4.78, 5) is 11.6. The smallest absolute Gasteiger partial charge is 0.406 e. The summed E-state index contributed by atoms with van der Waals surface area (Å²) in [7, 11) is 0. The highest BCUT2D eigenvalue weighted by Crippen LogP contribution is 2.22. The second-order valence-corrected chi connectivity index (χ2v) is 4.85. The van der Waals surface area contributed by atoms with Crippen molar-refractivity contribution in [2.24, 2.45) is 11.7 Å². The Labute approximate surface area is 121 Å². The fourth-order valence-electron chi connectivity index (χ4n) is 1.59. The summed E-state index contributed by atoms with van der Waals surface area (Å²) < 4.78 is 39.7. The van der Waals surface area contributed by atoms with Crippen LogP contribution >= 0.6 is 0 Å². The minimum Gasteiger partial charge on any atom is -0.406 e. The van der Waals surface area contributed by atoms with Gasteiger partial charge in [-0.05, 0) is 36.6 Å². The lowest BCUT2D eigenvalue weighted by Crippen LogP contribution is -2.24. The van der Waals surface area contributed by atoms with E-state index in [2.05, 4.69) is 10.1 Å². The molecule has 0 aliphatic carbocycles. The standard InChI is InChI=1S/C14H19F3N2O2/c1-10(8-18)2-7-13(20)19-9-11-3-5-12(6-4-11)21-14(15,16)17/h3-6,10H,2,7-9,18H2,1H3,(H,19,20). The highest BCUT2D eigenvalue weighted by Gasteiger charge is 2.30. The molecule has 0 aromatic heterocycles. The van der Waals surface area contributed by atoms with Crippen molar-refractivity contribution in [3.63, 3.8) is 0 Å². The Morgan fingerprint density at radius 1 is 1.33 bits per heavy atom. The highest BCUT2D eigenvalue weighted by molar-refractivity contribution is 5.75. The van der Waals surface area contributed by atoms with Crippen molar-refractivity contribution in [2.75, 3.05) is 6.54 Å². The Hall–Kier alpha value is -1.76. The summed E-state index contributed by atoms with van der Waals surface area (Å²) in [6.07, 6.45) is -3.61. The summed E-state index contributed by atoms with van der Waals surface area (Å²) in [5.74, 6) is -0.102. The van der Waals surface area contributed by atoms with Crippen LogP contribution < -0.4 is 15.8 Å². The van der Waals surface area contributed by atoms with Gasteiger partial charge in [0.05, 0.1) is 0 Å². The normalized spacial score (nSPS) is 12.8. The zero-order valence-electron chi connectivity index (χ0n) is 11.7. The number of carbonyl (C=O) groups excluding carboxylic acids is 1. The molecule has 0 aliphatic rings. The molecule has 1 aromatic carbocycles. The maximum atomic E-state index is 12.0. The zero-order valence-corrected chi connectivity index (χ0v) is 11.7. The van der Waals surface area contributed by atoms with Gasteiger partial charge in [-0.1, -0.05) is 19.1 Å². The first-order chi connectivity index (χ1) is 9.80. The van der Waals surface area contributed by atoms with Gasteiger partial charge in [-0.15, -0.1) is 13.2 Å². The molecule has 7 heteroatoms. The summed E-state index contributed by atoms with van der Waals surface area (Å²) >= 11 is 0. The van der Waals surface area contributed by atoms with Crippen LogP contribution in [0.3, 0.4) is 0 Å². The molecule has 1 aromatic rings. The van der Waals surface area contributed by atoms with Crippen molar-refractivity contribution in [3.8, 4) is 5.75 Å². The lowest BCUT2D eigenvalue weighted by molar-refractivity contribution is -0.274. The number of hydrogen-bond donors (Lipinski definition) is 2. The van der Waals surface area contributed by atoms with Crippen LogP contribution in [0.25, 0.3) is 0 Å². The van der Waals surface area contributed by atoms with Crippen molar-refractivity contribution in [3.05, 3.63) is 29.8 Å². The van der Waals surface area contributed by atoms with E-state index in [0.29, 0.717) is 24.9 Å². The first kappa shape index (κ1) is 17.3. The number of nitrogens with two attached hydrogens (primary N) is 1. The molecule has 0 fully saturated rings. The Morgan fingerprint density at radius 3 is 2.48 bits per heavy atom. The average Bonchev–Trinajstić information content (AvgIpc) is 2.42. The molecule has 0 radical (unpaired) electrons. The van der Waals surface area contributed by atoms with Gasteiger partial charge in [0.1, 0.15) is 5.75 Å². The number of halogens is 3. The monoisotopic (exact) mass is 304 g/mol. The van der Waals surface area contributed by atoms with Crippen LogP contribution in [0.5, 0.6) is 5.75 Å². The van der Waals surface area contributed by atoms with Crippen molar-refractivity contribution in [1.29, 1.82) is 0 Å². The third kappa shape index (κ3) is 7.55. The third-order valence-electron chi connectivity index (χ3n) is 2.91. The van der Waals surface area contributed by atoms with Gasteiger partial charge in [0.15, 0.2) is 0 Å². The molecule has 1 amide bonds. The van der Waals surface area contributed by atoms with Crippen molar-refractivity contribution in [2.45, 2.75) is 32.7 Å².